The number of carbonyl (C=O) groups is 2. The minimum Gasteiger partial charge on any atom is -0.444 e. The smallest absolute Gasteiger partial charge is 0.413 e. The average molecular weight is 373 g/mol. The molecule has 148 valence electrons. The zero-order valence-corrected chi connectivity index (χ0v) is 17.0. The fraction of sp³-hybridized carbons (Fsp3) is 0.636. The van der Waals surface area contributed by atoms with Crippen molar-refractivity contribution >= 4 is 12.1 Å². The zero-order valence-electron chi connectivity index (χ0n) is 17.0. The van der Waals surface area contributed by atoms with Crippen molar-refractivity contribution in [2.45, 2.75) is 72.8 Å². The van der Waals surface area contributed by atoms with E-state index in [4.69, 9.17) is 9.47 Å². The lowest BCUT2D eigenvalue weighted by Gasteiger charge is -2.44. The number of amides is 1. The van der Waals surface area contributed by atoms with Gasteiger partial charge >= 0.3 is 12.1 Å². The predicted octanol–water partition coefficient (Wildman–Crippen LogP) is 4.75. The Labute approximate surface area is 162 Å². The zero-order chi connectivity index (χ0) is 19.8. The van der Waals surface area contributed by atoms with Crippen molar-refractivity contribution in [3.8, 4) is 0 Å². The van der Waals surface area contributed by atoms with Crippen molar-refractivity contribution in [3.05, 3.63) is 35.9 Å². The highest BCUT2D eigenvalue weighted by Gasteiger charge is 2.52. The lowest BCUT2D eigenvalue weighted by molar-refractivity contribution is -0.147. The van der Waals surface area contributed by atoms with Crippen molar-refractivity contribution in [2.75, 3.05) is 0 Å². The van der Waals surface area contributed by atoms with E-state index < -0.39 is 18.4 Å². The minimum absolute atomic E-state index is 0.185. The molecule has 5 nitrogen and oxygen atoms in total. The standard InChI is InChI=1S/C22H31NO4/c1-21(2,3)19-23(20(25)26-14-15-9-7-6-8-10-15)17(18(24)27-19)11-16-12-22(4,5)13-16/h6-10,16-17,19H,11-14H2,1-5H3/t17-,19-/m0/s1. The molecule has 1 saturated carbocycles. The lowest BCUT2D eigenvalue weighted by atomic mass is 9.63. The molecule has 3 rings (SSSR count). The molecule has 0 N–H and O–H groups in total. The van der Waals surface area contributed by atoms with E-state index in [2.05, 4.69) is 13.8 Å². The first-order chi connectivity index (χ1) is 12.6. The molecule has 5 heteroatoms. The van der Waals surface area contributed by atoms with Crippen molar-refractivity contribution < 1.29 is 19.1 Å². The highest BCUT2D eigenvalue weighted by molar-refractivity contribution is 5.84. The molecule has 2 aliphatic rings. The Hall–Kier alpha value is -2.04. The molecule has 1 aromatic carbocycles. The van der Waals surface area contributed by atoms with E-state index in [-0.39, 0.29) is 18.0 Å². The minimum atomic E-state index is -0.605. The van der Waals surface area contributed by atoms with Gasteiger partial charge in [-0.05, 0) is 36.2 Å². The molecule has 0 radical (unpaired) electrons. The van der Waals surface area contributed by atoms with Crippen LogP contribution in [0.25, 0.3) is 0 Å². The Bertz CT molecular complexity index is 684. The molecule has 2 atom stereocenters. The van der Waals surface area contributed by atoms with Gasteiger partial charge in [-0.1, -0.05) is 65.0 Å². The maximum absolute atomic E-state index is 12.9. The molecule has 1 amide bonds. The van der Waals surface area contributed by atoms with Gasteiger partial charge < -0.3 is 9.47 Å². The maximum atomic E-state index is 12.9. The number of hydrogen-bond donors (Lipinski definition) is 0. The summed E-state index contributed by atoms with van der Waals surface area (Å²) in [4.78, 5) is 27.0. The number of benzene rings is 1. The number of carbonyl (C=O) groups excluding carboxylic acids is 2. The van der Waals surface area contributed by atoms with Crippen molar-refractivity contribution in [2.24, 2.45) is 16.7 Å². The summed E-state index contributed by atoms with van der Waals surface area (Å²) in [5.74, 6) is 0.136. The van der Waals surface area contributed by atoms with Crippen molar-refractivity contribution in [3.63, 3.8) is 0 Å². The predicted molar refractivity (Wildman–Crippen MR) is 103 cm³/mol. The van der Waals surface area contributed by atoms with Crippen LogP contribution in [0.3, 0.4) is 0 Å². The molecule has 27 heavy (non-hydrogen) atoms. The normalized spacial score (nSPS) is 25.1. The summed E-state index contributed by atoms with van der Waals surface area (Å²) >= 11 is 0. The molecule has 1 saturated heterocycles. The van der Waals surface area contributed by atoms with E-state index in [0.29, 0.717) is 17.8 Å². The van der Waals surface area contributed by atoms with E-state index in [1.54, 1.807) is 0 Å². The molecule has 1 heterocycles. The summed E-state index contributed by atoms with van der Waals surface area (Å²) in [5, 5.41) is 0. The fourth-order valence-corrected chi connectivity index (χ4v) is 4.33. The third kappa shape index (κ3) is 4.45. The number of rotatable bonds is 4. The highest BCUT2D eigenvalue weighted by Crippen LogP contribution is 2.48. The topological polar surface area (TPSA) is 55.8 Å². The Morgan fingerprint density at radius 2 is 1.85 bits per heavy atom. The first-order valence-corrected chi connectivity index (χ1v) is 9.76. The number of esters is 1. The van der Waals surface area contributed by atoms with Gasteiger partial charge in [0.1, 0.15) is 12.6 Å². The molecule has 2 fully saturated rings. The molecular weight excluding hydrogens is 342 g/mol. The third-order valence-electron chi connectivity index (χ3n) is 5.48. The van der Waals surface area contributed by atoms with Gasteiger partial charge in [0, 0.05) is 5.41 Å². The van der Waals surface area contributed by atoms with Crippen LogP contribution in [0.15, 0.2) is 30.3 Å². The van der Waals surface area contributed by atoms with Gasteiger partial charge in [0.25, 0.3) is 0 Å². The Morgan fingerprint density at radius 1 is 1.22 bits per heavy atom. The molecular formula is C22H31NO4. The van der Waals surface area contributed by atoms with Crippen molar-refractivity contribution in [1.82, 2.24) is 4.90 Å². The van der Waals surface area contributed by atoms with E-state index in [0.717, 1.165) is 18.4 Å². The van der Waals surface area contributed by atoms with Gasteiger partial charge in [-0.2, -0.15) is 0 Å². The summed E-state index contributed by atoms with van der Waals surface area (Å²) < 4.78 is 11.2. The summed E-state index contributed by atoms with van der Waals surface area (Å²) in [5.41, 5.74) is 0.867. The number of hydrogen-bond acceptors (Lipinski definition) is 4. The Kier molecular flexibility index (Phi) is 5.24. The van der Waals surface area contributed by atoms with Crippen molar-refractivity contribution in [1.29, 1.82) is 0 Å². The maximum Gasteiger partial charge on any atom is 0.413 e. The molecule has 0 unspecified atom stereocenters. The van der Waals surface area contributed by atoms with Crippen LogP contribution >= 0.6 is 0 Å². The first kappa shape index (κ1) is 19.7. The van der Waals surface area contributed by atoms with Crippen LogP contribution in [0.1, 0.15) is 59.4 Å². The largest absolute Gasteiger partial charge is 0.444 e. The Morgan fingerprint density at radius 3 is 2.41 bits per heavy atom. The van der Waals surface area contributed by atoms with Crippen LogP contribution in [0.5, 0.6) is 0 Å². The SMILES string of the molecule is CC1(C)CC(C[C@H]2C(=O)O[C@@H](C(C)(C)C)N2C(=O)OCc2ccccc2)C1. The van der Waals surface area contributed by atoms with Crippen LogP contribution in [0.2, 0.25) is 0 Å². The second kappa shape index (κ2) is 7.17. The van der Waals surface area contributed by atoms with Crippen LogP contribution in [-0.4, -0.2) is 29.2 Å². The van der Waals surface area contributed by atoms with Gasteiger partial charge in [0.2, 0.25) is 0 Å². The van der Waals surface area contributed by atoms with Gasteiger partial charge in [-0.15, -0.1) is 0 Å². The Balaban J connectivity index is 1.72. The van der Waals surface area contributed by atoms with E-state index in [1.807, 2.05) is 51.1 Å². The monoisotopic (exact) mass is 373 g/mol. The first-order valence-electron chi connectivity index (χ1n) is 9.76. The summed E-state index contributed by atoms with van der Waals surface area (Å²) in [6.45, 7) is 10.6. The van der Waals surface area contributed by atoms with Gasteiger partial charge in [0.05, 0.1) is 0 Å². The van der Waals surface area contributed by atoms with Gasteiger partial charge in [0.15, 0.2) is 6.23 Å². The second-order valence-corrected chi connectivity index (χ2v) is 9.79. The quantitative estimate of drug-likeness (QED) is 0.715. The van der Waals surface area contributed by atoms with Crippen LogP contribution in [0.4, 0.5) is 4.79 Å². The molecule has 1 aliphatic heterocycles. The number of nitrogens with zero attached hydrogens (tertiary/aromatic N) is 1. The highest BCUT2D eigenvalue weighted by atomic mass is 16.6. The number of cyclic esters (lactones) is 1. The molecule has 0 aromatic heterocycles. The molecule has 1 aromatic rings. The van der Waals surface area contributed by atoms with Gasteiger partial charge in [-0.3, -0.25) is 4.90 Å². The second-order valence-electron chi connectivity index (χ2n) is 9.79. The lowest BCUT2D eigenvalue weighted by Crippen LogP contribution is -2.49. The summed E-state index contributed by atoms with van der Waals surface area (Å²) in [6.07, 6.45) is 1.71. The molecule has 0 bridgehead atoms. The van der Waals surface area contributed by atoms with Crippen LogP contribution in [0, 0.1) is 16.7 Å². The van der Waals surface area contributed by atoms with E-state index >= 15 is 0 Å². The summed E-state index contributed by atoms with van der Waals surface area (Å²) in [7, 11) is 0. The average Bonchev–Trinajstić information content (AvgIpc) is 2.89. The summed E-state index contributed by atoms with van der Waals surface area (Å²) in [6, 6.07) is 9.00. The van der Waals surface area contributed by atoms with Crippen LogP contribution < -0.4 is 0 Å². The number of ether oxygens (including phenoxy) is 2. The molecule has 0 spiro atoms. The third-order valence-corrected chi connectivity index (χ3v) is 5.48. The fourth-order valence-electron chi connectivity index (χ4n) is 4.33. The van der Waals surface area contributed by atoms with E-state index in [9.17, 15) is 9.59 Å². The van der Waals surface area contributed by atoms with E-state index in [1.165, 1.54) is 4.90 Å². The van der Waals surface area contributed by atoms with Crippen LogP contribution in [-0.2, 0) is 20.9 Å². The molecule has 1 aliphatic carbocycles. The van der Waals surface area contributed by atoms with Gasteiger partial charge in [-0.25, -0.2) is 9.59 Å².